The van der Waals surface area contributed by atoms with Crippen LogP contribution >= 0.6 is 12.0 Å². The fourth-order valence-electron chi connectivity index (χ4n) is 2.58. The number of methoxy groups -OCH3 is 1. The molecule has 2 aromatic carbocycles. The van der Waals surface area contributed by atoms with E-state index >= 15 is 0 Å². The van der Waals surface area contributed by atoms with Crippen molar-refractivity contribution in [2.45, 2.75) is 31.2 Å². The summed E-state index contributed by atoms with van der Waals surface area (Å²) in [7, 11) is 1.61. The Bertz CT molecular complexity index is 684. The van der Waals surface area contributed by atoms with Crippen LogP contribution in [0.5, 0.6) is 11.5 Å². The van der Waals surface area contributed by atoms with E-state index in [-0.39, 0.29) is 0 Å². The first kappa shape index (κ1) is 20.5. The fourth-order valence-corrected chi connectivity index (χ4v) is 3.13. The van der Waals surface area contributed by atoms with Crippen molar-refractivity contribution >= 4 is 12.0 Å². The van der Waals surface area contributed by atoms with E-state index in [9.17, 15) is 0 Å². The van der Waals surface area contributed by atoms with Crippen molar-refractivity contribution in [2.75, 3.05) is 20.3 Å². The number of rotatable bonds is 11. The molecule has 0 radical (unpaired) electrons. The van der Waals surface area contributed by atoms with E-state index in [0.717, 1.165) is 46.8 Å². The van der Waals surface area contributed by atoms with Gasteiger partial charge in [-0.25, -0.2) is 0 Å². The summed E-state index contributed by atoms with van der Waals surface area (Å²) in [6, 6.07) is 14.3. The predicted octanol–water partition coefficient (Wildman–Crippen LogP) is 3.43. The molecule has 0 bridgehead atoms. The maximum atomic E-state index is 5.81. The SMILES string of the molecule is COc1ccc(C[C@@H](C)NCCOc2ccccc2C)cc1SOON. The average Bonchev–Trinajstić information content (AvgIpc) is 2.65. The molecular weight excluding hydrogens is 352 g/mol. The van der Waals surface area contributed by atoms with Crippen molar-refractivity contribution in [3.63, 3.8) is 0 Å². The van der Waals surface area contributed by atoms with Gasteiger partial charge in [-0.2, -0.15) is 5.90 Å². The molecule has 0 saturated carbocycles. The smallest absolute Gasteiger partial charge is 0.134 e. The second-order valence-corrected chi connectivity index (χ2v) is 6.65. The van der Waals surface area contributed by atoms with Crippen molar-refractivity contribution in [3.8, 4) is 11.5 Å². The van der Waals surface area contributed by atoms with E-state index in [1.54, 1.807) is 7.11 Å². The van der Waals surface area contributed by atoms with Gasteiger partial charge in [0.05, 0.1) is 24.0 Å². The molecule has 2 aromatic rings. The van der Waals surface area contributed by atoms with Gasteiger partial charge < -0.3 is 14.8 Å². The molecule has 0 aliphatic carbocycles. The summed E-state index contributed by atoms with van der Waals surface area (Å²) < 4.78 is 15.8. The van der Waals surface area contributed by atoms with Crippen LogP contribution in [0.2, 0.25) is 0 Å². The van der Waals surface area contributed by atoms with Gasteiger partial charge in [0, 0.05) is 12.6 Å². The molecule has 0 unspecified atom stereocenters. The number of hydrogen-bond acceptors (Lipinski definition) is 7. The van der Waals surface area contributed by atoms with Gasteiger partial charge in [-0.05, 0) is 49.6 Å². The molecule has 7 heteroatoms. The van der Waals surface area contributed by atoms with Crippen LogP contribution in [-0.2, 0) is 15.7 Å². The molecule has 0 fully saturated rings. The summed E-state index contributed by atoms with van der Waals surface area (Å²) in [5.41, 5.74) is 2.31. The first-order valence-electron chi connectivity index (χ1n) is 8.43. The molecule has 0 aromatic heterocycles. The first-order chi connectivity index (χ1) is 12.6. The van der Waals surface area contributed by atoms with E-state index in [1.165, 1.54) is 0 Å². The second kappa shape index (κ2) is 11.1. The molecule has 1 atom stereocenters. The highest BCUT2D eigenvalue weighted by Gasteiger charge is 2.09. The average molecular weight is 378 g/mol. The molecule has 0 spiro atoms. The monoisotopic (exact) mass is 378 g/mol. The molecule has 26 heavy (non-hydrogen) atoms. The minimum absolute atomic E-state index is 0.299. The zero-order chi connectivity index (χ0) is 18.8. The van der Waals surface area contributed by atoms with Crippen molar-refractivity contribution in [3.05, 3.63) is 53.6 Å². The van der Waals surface area contributed by atoms with Crippen LogP contribution in [-0.4, -0.2) is 26.3 Å². The largest absolute Gasteiger partial charge is 0.495 e. The molecule has 0 aliphatic heterocycles. The number of para-hydroxylation sites is 1. The van der Waals surface area contributed by atoms with Gasteiger partial charge in [-0.1, -0.05) is 24.3 Å². The van der Waals surface area contributed by atoms with Gasteiger partial charge in [0.15, 0.2) is 0 Å². The zero-order valence-electron chi connectivity index (χ0n) is 15.4. The summed E-state index contributed by atoms with van der Waals surface area (Å²) in [5.74, 6) is 6.54. The van der Waals surface area contributed by atoms with Gasteiger partial charge in [0.2, 0.25) is 0 Å². The summed E-state index contributed by atoms with van der Waals surface area (Å²) in [5, 5.41) is 3.47. The van der Waals surface area contributed by atoms with E-state index in [1.807, 2.05) is 49.4 Å². The lowest BCUT2D eigenvalue weighted by Gasteiger charge is -2.16. The van der Waals surface area contributed by atoms with Crippen molar-refractivity contribution in [1.29, 1.82) is 0 Å². The summed E-state index contributed by atoms with van der Waals surface area (Å²) in [6.07, 6.45) is 0.866. The number of benzene rings is 2. The van der Waals surface area contributed by atoms with Crippen LogP contribution in [0.15, 0.2) is 47.4 Å². The van der Waals surface area contributed by atoms with E-state index in [4.69, 9.17) is 19.7 Å². The summed E-state index contributed by atoms with van der Waals surface area (Å²) in [6.45, 7) is 5.59. The third kappa shape index (κ3) is 6.51. The van der Waals surface area contributed by atoms with Crippen LogP contribution < -0.4 is 20.7 Å². The molecule has 6 nitrogen and oxygen atoms in total. The predicted molar refractivity (Wildman–Crippen MR) is 103 cm³/mol. The highest BCUT2D eigenvalue weighted by atomic mass is 32.2. The number of nitrogens with two attached hydrogens (primary N) is 1. The molecule has 3 N–H and O–H groups in total. The molecular formula is C19H26N2O4S. The van der Waals surface area contributed by atoms with Gasteiger partial charge in [0.25, 0.3) is 0 Å². The van der Waals surface area contributed by atoms with Crippen molar-refractivity contribution in [1.82, 2.24) is 5.32 Å². The molecule has 2 rings (SSSR count). The Kier molecular flexibility index (Phi) is 8.73. The normalized spacial score (nSPS) is 12.0. The van der Waals surface area contributed by atoms with Gasteiger partial charge >= 0.3 is 0 Å². The van der Waals surface area contributed by atoms with E-state index < -0.39 is 0 Å². The quantitative estimate of drug-likeness (QED) is 0.268. The minimum Gasteiger partial charge on any atom is -0.495 e. The maximum Gasteiger partial charge on any atom is 0.134 e. The Balaban J connectivity index is 1.79. The van der Waals surface area contributed by atoms with Crippen LogP contribution in [0.3, 0.4) is 0 Å². The number of hydrogen-bond donors (Lipinski definition) is 2. The maximum absolute atomic E-state index is 5.81. The first-order valence-corrected chi connectivity index (χ1v) is 9.17. The molecule has 0 aliphatic rings. The van der Waals surface area contributed by atoms with Crippen LogP contribution in [0, 0.1) is 6.92 Å². The highest BCUT2D eigenvalue weighted by Crippen LogP contribution is 2.31. The van der Waals surface area contributed by atoms with E-state index in [2.05, 4.69) is 17.2 Å². The Morgan fingerprint density at radius 3 is 2.69 bits per heavy atom. The lowest BCUT2D eigenvalue weighted by Crippen LogP contribution is -2.31. The highest BCUT2D eigenvalue weighted by molar-refractivity contribution is 7.94. The Hall–Kier alpha value is -1.77. The zero-order valence-corrected chi connectivity index (χ0v) is 16.2. The lowest BCUT2D eigenvalue weighted by molar-refractivity contribution is -0.195. The van der Waals surface area contributed by atoms with Crippen molar-refractivity contribution in [2.24, 2.45) is 5.90 Å². The summed E-state index contributed by atoms with van der Waals surface area (Å²) >= 11 is 1.02. The van der Waals surface area contributed by atoms with Crippen molar-refractivity contribution < 1.29 is 18.8 Å². The molecule has 0 heterocycles. The van der Waals surface area contributed by atoms with Gasteiger partial charge in [-0.3, -0.25) is 0 Å². The molecule has 0 saturated heterocycles. The topological polar surface area (TPSA) is 75.0 Å². The molecule has 142 valence electrons. The summed E-state index contributed by atoms with van der Waals surface area (Å²) in [4.78, 5) is 4.97. The Morgan fingerprint density at radius 2 is 1.96 bits per heavy atom. The number of aryl methyl sites for hydroxylation is 1. The number of nitrogens with one attached hydrogen (secondary N) is 1. The standard InChI is InChI=1S/C19H26N2O4S/c1-14-6-4-5-7-17(14)23-11-10-21-15(2)12-16-8-9-18(22-3)19(13-16)26-25-24-20/h4-9,13,15,21H,10-12,20H2,1-3H3/t15-/m1/s1. The van der Waals surface area contributed by atoms with E-state index in [0.29, 0.717) is 18.4 Å². The third-order valence-corrected chi connectivity index (χ3v) is 4.52. The number of ether oxygens (including phenoxy) is 2. The Morgan fingerprint density at radius 1 is 1.15 bits per heavy atom. The second-order valence-electron chi connectivity index (χ2n) is 5.91. The Labute approximate surface area is 159 Å². The van der Waals surface area contributed by atoms with Gasteiger partial charge in [0.1, 0.15) is 18.1 Å². The van der Waals surface area contributed by atoms with Crippen LogP contribution in [0.1, 0.15) is 18.1 Å². The van der Waals surface area contributed by atoms with Crippen LogP contribution in [0.4, 0.5) is 0 Å². The van der Waals surface area contributed by atoms with Gasteiger partial charge in [-0.15, -0.1) is 9.32 Å². The third-order valence-electron chi connectivity index (χ3n) is 3.88. The van der Waals surface area contributed by atoms with Crippen LogP contribution in [0.25, 0.3) is 0 Å². The minimum atomic E-state index is 0.299. The fraction of sp³-hybridized carbons (Fsp3) is 0.368. The molecule has 0 amide bonds. The lowest BCUT2D eigenvalue weighted by atomic mass is 10.1.